The van der Waals surface area contributed by atoms with Crippen molar-refractivity contribution >= 4 is 23.7 Å². The standard InChI is InChI=1S/C14H13NOS/c1-17-14-9-5-3-7-12(14)15-10-11-6-2-4-8-13(11)16/h2-10,16H,1H3/p-1. The molecular formula is C14H12NOS-. The summed E-state index contributed by atoms with van der Waals surface area (Å²) in [5, 5.41) is 11.5. The summed E-state index contributed by atoms with van der Waals surface area (Å²) in [6, 6.07) is 14.8. The Kier molecular flexibility index (Phi) is 3.83. The lowest BCUT2D eigenvalue weighted by atomic mass is 10.2. The number of aliphatic imine (C=N–C) groups is 1. The van der Waals surface area contributed by atoms with E-state index in [1.165, 1.54) is 0 Å². The first-order valence-corrected chi connectivity index (χ1v) is 6.47. The molecule has 0 aromatic heterocycles. The minimum Gasteiger partial charge on any atom is -0.872 e. The van der Waals surface area contributed by atoms with Crippen molar-refractivity contribution in [3.8, 4) is 5.75 Å². The van der Waals surface area contributed by atoms with Gasteiger partial charge >= 0.3 is 0 Å². The van der Waals surface area contributed by atoms with Crippen molar-refractivity contribution in [1.82, 2.24) is 0 Å². The van der Waals surface area contributed by atoms with E-state index in [2.05, 4.69) is 4.99 Å². The van der Waals surface area contributed by atoms with Crippen LogP contribution in [0.5, 0.6) is 5.75 Å². The molecule has 0 N–H and O–H groups in total. The number of thioether (sulfide) groups is 1. The van der Waals surface area contributed by atoms with Gasteiger partial charge in [0.2, 0.25) is 0 Å². The molecule has 2 aromatic rings. The third-order valence-electron chi connectivity index (χ3n) is 2.35. The summed E-state index contributed by atoms with van der Waals surface area (Å²) in [6.45, 7) is 0. The highest BCUT2D eigenvalue weighted by molar-refractivity contribution is 7.98. The van der Waals surface area contributed by atoms with E-state index in [1.807, 2.05) is 36.6 Å². The van der Waals surface area contributed by atoms with Crippen LogP contribution in [-0.2, 0) is 0 Å². The Balaban J connectivity index is 2.29. The molecule has 0 aliphatic carbocycles. The Labute approximate surface area is 105 Å². The SMILES string of the molecule is CSc1ccccc1N=Cc1ccccc1[O-]. The van der Waals surface area contributed by atoms with Crippen LogP contribution in [0.15, 0.2) is 58.4 Å². The molecular weight excluding hydrogens is 230 g/mol. The molecule has 0 spiro atoms. The number of rotatable bonds is 3. The molecule has 2 rings (SSSR count). The zero-order chi connectivity index (χ0) is 12.1. The van der Waals surface area contributed by atoms with Gasteiger partial charge in [-0.05, 0) is 24.0 Å². The van der Waals surface area contributed by atoms with Crippen molar-refractivity contribution in [1.29, 1.82) is 0 Å². The number of hydrogen-bond acceptors (Lipinski definition) is 3. The first-order valence-electron chi connectivity index (χ1n) is 5.24. The smallest absolute Gasteiger partial charge is 0.0765 e. The zero-order valence-electron chi connectivity index (χ0n) is 9.46. The van der Waals surface area contributed by atoms with Crippen LogP contribution in [0.2, 0.25) is 0 Å². The molecule has 0 aliphatic heterocycles. The van der Waals surface area contributed by atoms with Gasteiger partial charge < -0.3 is 5.11 Å². The normalized spacial score (nSPS) is 10.9. The average molecular weight is 242 g/mol. The Hall–Kier alpha value is -1.74. The van der Waals surface area contributed by atoms with E-state index in [-0.39, 0.29) is 5.75 Å². The topological polar surface area (TPSA) is 35.4 Å². The van der Waals surface area contributed by atoms with Crippen molar-refractivity contribution in [2.45, 2.75) is 4.90 Å². The van der Waals surface area contributed by atoms with E-state index in [0.29, 0.717) is 5.56 Å². The second kappa shape index (κ2) is 5.55. The van der Waals surface area contributed by atoms with Crippen molar-refractivity contribution in [3.63, 3.8) is 0 Å². The molecule has 0 fully saturated rings. The molecule has 0 aliphatic rings. The van der Waals surface area contributed by atoms with Crippen LogP contribution >= 0.6 is 11.8 Å². The molecule has 17 heavy (non-hydrogen) atoms. The number of benzene rings is 2. The maximum atomic E-state index is 11.5. The van der Waals surface area contributed by atoms with Gasteiger partial charge in [-0.15, -0.1) is 17.5 Å². The summed E-state index contributed by atoms with van der Waals surface area (Å²) in [7, 11) is 0. The lowest BCUT2D eigenvalue weighted by Crippen LogP contribution is -1.94. The fourth-order valence-corrected chi connectivity index (χ4v) is 2.01. The minimum absolute atomic E-state index is 0.00196. The van der Waals surface area contributed by atoms with Crippen molar-refractivity contribution in [2.24, 2.45) is 4.99 Å². The van der Waals surface area contributed by atoms with E-state index in [4.69, 9.17) is 0 Å². The quantitative estimate of drug-likeness (QED) is 0.612. The molecule has 0 radical (unpaired) electrons. The van der Waals surface area contributed by atoms with Gasteiger partial charge in [0.05, 0.1) is 5.69 Å². The zero-order valence-corrected chi connectivity index (χ0v) is 10.3. The fraction of sp³-hybridized carbons (Fsp3) is 0.0714. The minimum atomic E-state index is -0.00196. The number of nitrogens with zero attached hydrogens (tertiary/aromatic N) is 1. The Morgan fingerprint density at radius 2 is 1.76 bits per heavy atom. The van der Waals surface area contributed by atoms with Crippen LogP contribution < -0.4 is 5.11 Å². The monoisotopic (exact) mass is 242 g/mol. The predicted octanol–water partition coefficient (Wildman–Crippen LogP) is 3.23. The highest BCUT2D eigenvalue weighted by atomic mass is 32.2. The van der Waals surface area contributed by atoms with Gasteiger partial charge in [-0.1, -0.05) is 36.4 Å². The Morgan fingerprint density at radius 3 is 2.53 bits per heavy atom. The van der Waals surface area contributed by atoms with E-state index >= 15 is 0 Å². The fourth-order valence-electron chi connectivity index (χ4n) is 1.46. The molecule has 2 aromatic carbocycles. The summed E-state index contributed by atoms with van der Waals surface area (Å²) >= 11 is 1.64. The summed E-state index contributed by atoms with van der Waals surface area (Å²) < 4.78 is 0. The summed E-state index contributed by atoms with van der Waals surface area (Å²) in [5.74, 6) is -0.00196. The van der Waals surface area contributed by atoms with Gasteiger partial charge in [-0.25, -0.2) is 0 Å². The Bertz CT molecular complexity index is 537. The van der Waals surface area contributed by atoms with Gasteiger partial charge in [-0.2, -0.15) is 0 Å². The first-order chi connectivity index (χ1) is 8.31. The maximum absolute atomic E-state index is 11.5. The summed E-state index contributed by atoms with van der Waals surface area (Å²) in [6.07, 6.45) is 3.63. The van der Waals surface area contributed by atoms with Gasteiger partial charge in [-0.3, -0.25) is 4.99 Å². The summed E-state index contributed by atoms with van der Waals surface area (Å²) in [4.78, 5) is 5.47. The van der Waals surface area contributed by atoms with E-state index in [9.17, 15) is 5.11 Å². The second-order valence-corrected chi connectivity index (χ2v) is 4.32. The molecule has 0 saturated heterocycles. The van der Waals surface area contributed by atoms with E-state index in [0.717, 1.165) is 10.6 Å². The molecule has 0 unspecified atom stereocenters. The molecule has 0 saturated carbocycles. The molecule has 0 atom stereocenters. The van der Waals surface area contributed by atoms with Crippen LogP contribution in [-0.4, -0.2) is 12.5 Å². The lowest BCUT2D eigenvalue weighted by Gasteiger charge is -2.08. The van der Waals surface area contributed by atoms with Crippen LogP contribution in [0.4, 0.5) is 5.69 Å². The molecule has 3 heteroatoms. The highest BCUT2D eigenvalue weighted by Gasteiger charge is 1.96. The predicted molar refractivity (Wildman–Crippen MR) is 71.4 cm³/mol. The average Bonchev–Trinajstić information content (AvgIpc) is 2.38. The van der Waals surface area contributed by atoms with Gasteiger partial charge in [0, 0.05) is 11.1 Å². The summed E-state index contributed by atoms with van der Waals surface area (Å²) in [5.41, 5.74) is 1.51. The van der Waals surface area contributed by atoms with Crippen LogP contribution in [0, 0.1) is 0 Å². The van der Waals surface area contributed by atoms with Crippen molar-refractivity contribution in [3.05, 3.63) is 54.1 Å². The molecule has 86 valence electrons. The van der Waals surface area contributed by atoms with Crippen LogP contribution in [0.1, 0.15) is 5.56 Å². The second-order valence-electron chi connectivity index (χ2n) is 3.47. The molecule has 0 amide bonds. The first kappa shape index (κ1) is 11.7. The third kappa shape index (κ3) is 2.88. The van der Waals surface area contributed by atoms with Gasteiger partial charge in [0.1, 0.15) is 0 Å². The Morgan fingerprint density at radius 1 is 1.06 bits per heavy atom. The third-order valence-corrected chi connectivity index (χ3v) is 3.13. The molecule has 0 bridgehead atoms. The number of hydrogen-bond donors (Lipinski definition) is 0. The van der Waals surface area contributed by atoms with Gasteiger partial charge in [0.15, 0.2) is 0 Å². The van der Waals surface area contributed by atoms with Crippen molar-refractivity contribution < 1.29 is 5.11 Å². The van der Waals surface area contributed by atoms with Crippen molar-refractivity contribution in [2.75, 3.05) is 6.26 Å². The van der Waals surface area contributed by atoms with E-state index in [1.54, 1.807) is 36.2 Å². The highest BCUT2D eigenvalue weighted by Crippen LogP contribution is 2.27. The van der Waals surface area contributed by atoms with Crippen LogP contribution in [0.3, 0.4) is 0 Å². The van der Waals surface area contributed by atoms with E-state index < -0.39 is 0 Å². The largest absolute Gasteiger partial charge is 0.872 e. The molecule has 0 heterocycles. The van der Waals surface area contributed by atoms with Gasteiger partial charge in [0.25, 0.3) is 0 Å². The number of para-hydroxylation sites is 2. The molecule has 2 nitrogen and oxygen atoms in total. The van der Waals surface area contributed by atoms with Crippen LogP contribution in [0.25, 0.3) is 0 Å². The lowest BCUT2D eigenvalue weighted by molar-refractivity contribution is -0.268. The maximum Gasteiger partial charge on any atom is 0.0765 e.